The Bertz CT molecular complexity index is 610. The fourth-order valence-electron chi connectivity index (χ4n) is 1.54. The molecule has 2 nitrogen and oxygen atoms in total. The molecule has 1 aromatic heterocycles. The molecule has 2 heteroatoms. The SMILES string of the molecule is Cc1ccc2cc(C#CC(C)(C)N)ccc2n1. The Morgan fingerprint density at radius 3 is 2.65 bits per heavy atom. The van der Waals surface area contributed by atoms with Gasteiger partial charge in [0.05, 0.1) is 11.1 Å². The van der Waals surface area contributed by atoms with Gasteiger partial charge >= 0.3 is 0 Å². The number of benzene rings is 1. The monoisotopic (exact) mass is 224 g/mol. The highest BCUT2D eigenvalue weighted by atomic mass is 14.7. The molecule has 1 heterocycles. The Hall–Kier alpha value is -1.85. The third-order valence-corrected chi connectivity index (χ3v) is 2.36. The van der Waals surface area contributed by atoms with Gasteiger partial charge < -0.3 is 5.73 Å². The second kappa shape index (κ2) is 4.20. The summed E-state index contributed by atoms with van der Waals surface area (Å²) in [5, 5.41) is 1.11. The number of nitrogens with two attached hydrogens (primary N) is 1. The first kappa shape index (κ1) is 11.6. The molecule has 0 saturated heterocycles. The van der Waals surface area contributed by atoms with Gasteiger partial charge in [-0.25, -0.2) is 0 Å². The number of aryl methyl sites for hydroxylation is 1. The predicted octanol–water partition coefficient (Wildman–Crippen LogP) is 2.63. The van der Waals surface area contributed by atoms with Crippen molar-refractivity contribution in [2.75, 3.05) is 0 Å². The van der Waals surface area contributed by atoms with Crippen LogP contribution in [-0.2, 0) is 0 Å². The largest absolute Gasteiger partial charge is 0.316 e. The molecule has 0 aliphatic heterocycles. The second-order valence-corrected chi connectivity index (χ2v) is 4.83. The number of pyridine rings is 1. The van der Waals surface area contributed by atoms with E-state index in [4.69, 9.17) is 5.73 Å². The van der Waals surface area contributed by atoms with Gasteiger partial charge in [-0.05, 0) is 45.0 Å². The molecule has 0 bridgehead atoms. The summed E-state index contributed by atoms with van der Waals surface area (Å²) in [7, 11) is 0. The highest BCUT2D eigenvalue weighted by molar-refractivity contribution is 5.80. The summed E-state index contributed by atoms with van der Waals surface area (Å²) in [6.07, 6.45) is 0. The molecular formula is C15H16N2. The molecule has 2 N–H and O–H groups in total. The van der Waals surface area contributed by atoms with Crippen LogP contribution >= 0.6 is 0 Å². The zero-order valence-electron chi connectivity index (χ0n) is 10.4. The van der Waals surface area contributed by atoms with Gasteiger partial charge in [-0.3, -0.25) is 4.98 Å². The van der Waals surface area contributed by atoms with Crippen molar-refractivity contribution in [2.24, 2.45) is 5.73 Å². The van der Waals surface area contributed by atoms with Crippen molar-refractivity contribution >= 4 is 10.9 Å². The van der Waals surface area contributed by atoms with E-state index in [9.17, 15) is 0 Å². The van der Waals surface area contributed by atoms with Gasteiger partial charge in [-0.1, -0.05) is 17.9 Å². The van der Waals surface area contributed by atoms with E-state index in [2.05, 4.69) is 22.9 Å². The van der Waals surface area contributed by atoms with E-state index in [1.807, 2.05) is 45.0 Å². The van der Waals surface area contributed by atoms with Crippen molar-refractivity contribution in [3.63, 3.8) is 0 Å². The van der Waals surface area contributed by atoms with Gasteiger partial charge in [0.1, 0.15) is 0 Å². The van der Waals surface area contributed by atoms with Gasteiger partial charge in [0.15, 0.2) is 0 Å². The minimum atomic E-state index is -0.458. The summed E-state index contributed by atoms with van der Waals surface area (Å²) in [6.45, 7) is 5.78. The third-order valence-electron chi connectivity index (χ3n) is 2.36. The molecule has 0 saturated carbocycles. The van der Waals surface area contributed by atoms with E-state index >= 15 is 0 Å². The maximum atomic E-state index is 5.83. The first-order chi connectivity index (χ1) is 7.94. The van der Waals surface area contributed by atoms with Crippen LogP contribution in [0.5, 0.6) is 0 Å². The van der Waals surface area contributed by atoms with Gasteiger partial charge in [-0.2, -0.15) is 0 Å². The number of rotatable bonds is 0. The predicted molar refractivity (Wildman–Crippen MR) is 71.6 cm³/mol. The summed E-state index contributed by atoms with van der Waals surface area (Å²) >= 11 is 0. The Morgan fingerprint density at radius 2 is 1.94 bits per heavy atom. The minimum absolute atomic E-state index is 0.458. The van der Waals surface area contributed by atoms with Crippen LogP contribution < -0.4 is 5.73 Å². The van der Waals surface area contributed by atoms with Gasteiger partial charge in [0, 0.05) is 16.6 Å². The first-order valence-electron chi connectivity index (χ1n) is 5.63. The van der Waals surface area contributed by atoms with Crippen LogP contribution in [0.15, 0.2) is 30.3 Å². The smallest absolute Gasteiger partial charge is 0.0722 e. The molecule has 17 heavy (non-hydrogen) atoms. The quantitative estimate of drug-likeness (QED) is 0.699. The lowest BCUT2D eigenvalue weighted by Crippen LogP contribution is -2.29. The van der Waals surface area contributed by atoms with Crippen LogP contribution in [0.3, 0.4) is 0 Å². The Balaban J connectivity index is 2.44. The standard InChI is InChI=1S/C15H16N2/c1-11-4-6-13-10-12(5-7-14(13)17-11)8-9-15(2,3)16/h4-7,10H,16H2,1-3H3. The van der Waals surface area contributed by atoms with E-state index in [1.165, 1.54) is 0 Å². The van der Waals surface area contributed by atoms with E-state index < -0.39 is 5.54 Å². The second-order valence-electron chi connectivity index (χ2n) is 4.83. The van der Waals surface area contributed by atoms with E-state index in [0.29, 0.717) is 0 Å². The van der Waals surface area contributed by atoms with Gasteiger partial charge in [-0.15, -0.1) is 0 Å². The lowest BCUT2D eigenvalue weighted by Gasteiger charge is -2.07. The normalized spacial score (nSPS) is 11.1. The molecule has 86 valence electrons. The molecule has 2 rings (SSSR count). The average molecular weight is 224 g/mol. The fraction of sp³-hybridized carbons (Fsp3) is 0.267. The molecule has 0 unspecified atom stereocenters. The number of nitrogens with zero attached hydrogens (tertiary/aromatic N) is 1. The maximum absolute atomic E-state index is 5.83. The maximum Gasteiger partial charge on any atom is 0.0722 e. The highest BCUT2D eigenvalue weighted by Gasteiger charge is 2.03. The highest BCUT2D eigenvalue weighted by Crippen LogP contribution is 2.14. The van der Waals surface area contributed by atoms with Crippen molar-refractivity contribution in [3.05, 3.63) is 41.6 Å². The Kier molecular flexibility index (Phi) is 2.87. The molecule has 0 spiro atoms. The van der Waals surface area contributed by atoms with Crippen molar-refractivity contribution in [3.8, 4) is 11.8 Å². The van der Waals surface area contributed by atoms with Crippen LogP contribution in [0.4, 0.5) is 0 Å². The topological polar surface area (TPSA) is 38.9 Å². The number of hydrogen-bond acceptors (Lipinski definition) is 2. The molecular weight excluding hydrogens is 208 g/mol. The van der Waals surface area contributed by atoms with Crippen LogP contribution in [0, 0.1) is 18.8 Å². The van der Waals surface area contributed by atoms with Crippen molar-refractivity contribution in [1.29, 1.82) is 0 Å². The van der Waals surface area contributed by atoms with Crippen molar-refractivity contribution in [1.82, 2.24) is 4.98 Å². The molecule has 0 aliphatic carbocycles. The number of aromatic nitrogens is 1. The zero-order chi connectivity index (χ0) is 12.5. The number of fused-ring (bicyclic) bond motifs is 1. The Morgan fingerprint density at radius 1 is 1.18 bits per heavy atom. The lowest BCUT2D eigenvalue weighted by atomic mass is 10.1. The summed E-state index contributed by atoms with van der Waals surface area (Å²) in [5.41, 5.74) is 8.38. The van der Waals surface area contributed by atoms with Gasteiger partial charge in [0.2, 0.25) is 0 Å². The molecule has 2 aromatic rings. The van der Waals surface area contributed by atoms with Crippen LogP contribution in [0.2, 0.25) is 0 Å². The molecule has 0 radical (unpaired) electrons. The summed E-state index contributed by atoms with van der Waals surface area (Å²) < 4.78 is 0. The summed E-state index contributed by atoms with van der Waals surface area (Å²) in [6, 6.07) is 10.1. The molecule has 0 amide bonds. The molecule has 0 aliphatic rings. The van der Waals surface area contributed by atoms with Crippen LogP contribution in [0.25, 0.3) is 10.9 Å². The molecule has 0 fully saturated rings. The average Bonchev–Trinajstić information content (AvgIpc) is 2.25. The number of hydrogen-bond donors (Lipinski definition) is 1. The third kappa shape index (κ3) is 3.05. The summed E-state index contributed by atoms with van der Waals surface area (Å²) in [5.74, 6) is 6.11. The molecule has 0 atom stereocenters. The van der Waals surface area contributed by atoms with Crippen LogP contribution in [-0.4, -0.2) is 10.5 Å². The van der Waals surface area contributed by atoms with Gasteiger partial charge in [0.25, 0.3) is 0 Å². The first-order valence-corrected chi connectivity index (χ1v) is 5.63. The zero-order valence-corrected chi connectivity index (χ0v) is 10.4. The van der Waals surface area contributed by atoms with E-state index in [-0.39, 0.29) is 0 Å². The van der Waals surface area contributed by atoms with E-state index in [0.717, 1.165) is 22.2 Å². The lowest BCUT2D eigenvalue weighted by molar-refractivity contribution is 0.680. The van der Waals surface area contributed by atoms with Crippen LogP contribution in [0.1, 0.15) is 25.1 Å². The molecule has 1 aromatic carbocycles. The van der Waals surface area contributed by atoms with Crippen molar-refractivity contribution in [2.45, 2.75) is 26.3 Å². The fourth-order valence-corrected chi connectivity index (χ4v) is 1.54. The van der Waals surface area contributed by atoms with E-state index in [1.54, 1.807) is 0 Å². The van der Waals surface area contributed by atoms with Crippen molar-refractivity contribution < 1.29 is 0 Å². The minimum Gasteiger partial charge on any atom is -0.316 e. The Labute approximate surface area is 102 Å². The summed E-state index contributed by atoms with van der Waals surface area (Å²) in [4.78, 5) is 4.45.